The number of carbonyl (C=O) groups is 1. The number of hydrogen-bond donors (Lipinski definition) is 2. The lowest BCUT2D eigenvalue weighted by atomic mass is 10.1. The van der Waals surface area contributed by atoms with Crippen LogP contribution in [0.1, 0.15) is 40.5 Å². The van der Waals surface area contributed by atoms with Gasteiger partial charge in [-0.3, -0.25) is 9.59 Å². The Morgan fingerprint density at radius 3 is 2.54 bits per heavy atom. The second-order valence-electron chi connectivity index (χ2n) is 6.33. The molecule has 1 saturated heterocycles. The highest BCUT2D eigenvalue weighted by Gasteiger charge is 2.22. The third kappa shape index (κ3) is 3.92. The third-order valence-corrected chi connectivity index (χ3v) is 4.45. The molecule has 2 heterocycles. The van der Waals surface area contributed by atoms with E-state index in [-0.39, 0.29) is 23.1 Å². The summed E-state index contributed by atoms with van der Waals surface area (Å²) in [5.41, 5.74) is 1.61. The zero-order chi connectivity index (χ0) is 16.9. The standard InChI is InChI=1S/C19H23N3O2/c1-14-9-10-16(18(23)20-14)19(24)21-17(13-22-11-5-6-12-22)15-7-3-2-4-8-15/h2-4,7-10,17H,5-6,11-13H2,1H3,(H,20,23)(H,21,24)/t17-/m0/s1. The van der Waals surface area contributed by atoms with Gasteiger partial charge in [0, 0.05) is 12.2 Å². The van der Waals surface area contributed by atoms with E-state index in [4.69, 9.17) is 0 Å². The Morgan fingerprint density at radius 1 is 1.17 bits per heavy atom. The van der Waals surface area contributed by atoms with Crippen molar-refractivity contribution in [1.29, 1.82) is 0 Å². The van der Waals surface area contributed by atoms with Gasteiger partial charge in [-0.1, -0.05) is 30.3 Å². The molecule has 24 heavy (non-hydrogen) atoms. The zero-order valence-corrected chi connectivity index (χ0v) is 13.9. The van der Waals surface area contributed by atoms with Gasteiger partial charge in [-0.15, -0.1) is 0 Å². The van der Waals surface area contributed by atoms with E-state index in [1.807, 2.05) is 30.3 Å². The molecule has 0 radical (unpaired) electrons. The minimum Gasteiger partial charge on any atom is -0.344 e. The summed E-state index contributed by atoms with van der Waals surface area (Å²) in [5.74, 6) is -0.329. The number of H-pyrrole nitrogens is 1. The van der Waals surface area contributed by atoms with Crippen LogP contribution in [0.25, 0.3) is 0 Å². The molecule has 0 bridgehead atoms. The fourth-order valence-electron chi connectivity index (χ4n) is 3.13. The number of carbonyl (C=O) groups excluding carboxylic acids is 1. The van der Waals surface area contributed by atoms with Crippen molar-refractivity contribution in [2.24, 2.45) is 0 Å². The number of rotatable bonds is 5. The van der Waals surface area contributed by atoms with E-state index in [0.717, 1.165) is 30.9 Å². The lowest BCUT2D eigenvalue weighted by Gasteiger charge is -2.25. The van der Waals surface area contributed by atoms with E-state index >= 15 is 0 Å². The smallest absolute Gasteiger partial charge is 0.260 e. The van der Waals surface area contributed by atoms with Gasteiger partial charge >= 0.3 is 0 Å². The summed E-state index contributed by atoms with van der Waals surface area (Å²) in [5, 5.41) is 3.04. The zero-order valence-electron chi connectivity index (χ0n) is 13.9. The molecule has 1 aromatic carbocycles. The molecular formula is C19H23N3O2. The summed E-state index contributed by atoms with van der Waals surface area (Å²) in [4.78, 5) is 29.6. The Morgan fingerprint density at radius 2 is 1.88 bits per heavy atom. The quantitative estimate of drug-likeness (QED) is 0.886. The number of aromatic nitrogens is 1. The van der Waals surface area contributed by atoms with E-state index in [1.165, 1.54) is 12.8 Å². The molecule has 1 atom stereocenters. The fourth-order valence-corrected chi connectivity index (χ4v) is 3.13. The van der Waals surface area contributed by atoms with Crippen LogP contribution < -0.4 is 10.9 Å². The Kier molecular flexibility index (Phi) is 5.11. The number of amides is 1. The summed E-state index contributed by atoms with van der Waals surface area (Å²) in [6, 6.07) is 13.1. The van der Waals surface area contributed by atoms with Gasteiger partial charge in [0.05, 0.1) is 6.04 Å². The average molecular weight is 325 g/mol. The van der Waals surface area contributed by atoms with Crippen LogP contribution in [-0.2, 0) is 0 Å². The van der Waals surface area contributed by atoms with Crippen LogP contribution in [0.3, 0.4) is 0 Å². The first kappa shape index (κ1) is 16.5. The van der Waals surface area contributed by atoms with Crippen molar-refractivity contribution < 1.29 is 4.79 Å². The van der Waals surface area contributed by atoms with E-state index in [0.29, 0.717) is 0 Å². The second-order valence-corrected chi connectivity index (χ2v) is 6.33. The Balaban J connectivity index is 1.80. The van der Waals surface area contributed by atoms with Crippen molar-refractivity contribution in [3.05, 3.63) is 69.6 Å². The van der Waals surface area contributed by atoms with Crippen LogP contribution >= 0.6 is 0 Å². The Hall–Kier alpha value is -2.40. The maximum absolute atomic E-state index is 12.6. The molecule has 5 nitrogen and oxygen atoms in total. The predicted molar refractivity (Wildman–Crippen MR) is 94.1 cm³/mol. The highest BCUT2D eigenvalue weighted by atomic mass is 16.2. The van der Waals surface area contributed by atoms with Gasteiger partial charge < -0.3 is 15.2 Å². The normalized spacial score (nSPS) is 16.0. The van der Waals surface area contributed by atoms with Gasteiger partial charge in [0.1, 0.15) is 5.56 Å². The number of pyridine rings is 1. The lowest BCUT2D eigenvalue weighted by molar-refractivity contribution is 0.0925. The largest absolute Gasteiger partial charge is 0.344 e. The number of benzene rings is 1. The van der Waals surface area contributed by atoms with E-state index < -0.39 is 0 Å². The molecule has 1 amide bonds. The molecule has 0 spiro atoms. The van der Waals surface area contributed by atoms with Gasteiger partial charge in [0.2, 0.25) is 0 Å². The van der Waals surface area contributed by atoms with Gasteiger partial charge in [-0.05, 0) is 50.6 Å². The van der Waals surface area contributed by atoms with Crippen LogP contribution in [0.5, 0.6) is 0 Å². The number of nitrogens with zero attached hydrogens (tertiary/aromatic N) is 1. The van der Waals surface area contributed by atoms with Gasteiger partial charge in [-0.2, -0.15) is 0 Å². The highest BCUT2D eigenvalue weighted by Crippen LogP contribution is 2.18. The molecule has 0 saturated carbocycles. The van der Waals surface area contributed by atoms with Crippen molar-refractivity contribution in [3.63, 3.8) is 0 Å². The third-order valence-electron chi connectivity index (χ3n) is 4.45. The number of hydrogen-bond acceptors (Lipinski definition) is 3. The first-order chi connectivity index (χ1) is 11.6. The maximum atomic E-state index is 12.6. The van der Waals surface area contributed by atoms with Crippen molar-refractivity contribution >= 4 is 5.91 Å². The molecule has 0 aliphatic carbocycles. The lowest BCUT2D eigenvalue weighted by Crippen LogP contribution is -2.38. The van der Waals surface area contributed by atoms with E-state index in [1.54, 1.807) is 19.1 Å². The van der Waals surface area contributed by atoms with Gasteiger partial charge in [-0.25, -0.2) is 0 Å². The molecule has 5 heteroatoms. The molecule has 0 unspecified atom stereocenters. The summed E-state index contributed by atoms with van der Waals surface area (Å²) in [7, 11) is 0. The van der Waals surface area contributed by atoms with Crippen LogP contribution in [0.4, 0.5) is 0 Å². The minimum absolute atomic E-state index is 0.127. The fraction of sp³-hybridized carbons (Fsp3) is 0.368. The average Bonchev–Trinajstić information content (AvgIpc) is 3.08. The molecular weight excluding hydrogens is 302 g/mol. The second kappa shape index (κ2) is 7.45. The van der Waals surface area contributed by atoms with Crippen LogP contribution in [0.2, 0.25) is 0 Å². The SMILES string of the molecule is Cc1ccc(C(=O)N[C@@H](CN2CCCC2)c2ccccc2)c(=O)[nH]1. The van der Waals surface area contributed by atoms with Crippen LogP contribution in [0.15, 0.2) is 47.3 Å². The molecule has 1 fully saturated rings. The number of aryl methyl sites for hydroxylation is 1. The van der Waals surface area contributed by atoms with Gasteiger partial charge in [0.15, 0.2) is 0 Å². The molecule has 1 aromatic heterocycles. The highest BCUT2D eigenvalue weighted by molar-refractivity contribution is 5.94. The molecule has 2 N–H and O–H groups in total. The summed E-state index contributed by atoms with van der Waals surface area (Å²) in [6.45, 7) is 4.68. The van der Waals surface area contributed by atoms with Crippen molar-refractivity contribution in [2.45, 2.75) is 25.8 Å². The summed E-state index contributed by atoms with van der Waals surface area (Å²) < 4.78 is 0. The Bertz CT molecular complexity index is 749. The van der Waals surface area contributed by atoms with E-state index in [9.17, 15) is 9.59 Å². The van der Waals surface area contributed by atoms with Crippen LogP contribution in [-0.4, -0.2) is 35.4 Å². The number of nitrogens with one attached hydrogen (secondary N) is 2. The molecule has 1 aliphatic rings. The van der Waals surface area contributed by atoms with Crippen molar-refractivity contribution in [1.82, 2.24) is 15.2 Å². The number of aromatic amines is 1. The summed E-state index contributed by atoms with van der Waals surface area (Å²) in [6.07, 6.45) is 2.40. The van der Waals surface area contributed by atoms with Crippen molar-refractivity contribution in [2.75, 3.05) is 19.6 Å². The maximum Gasteiger partial charge on any atom is 0.260 e. The topological polar surface area (TPSA) is 65.2 Å². The summed E-state index contributed by atoms with van der Waals surface area (Å²) >= 11 is 0. The molecule has 3 rings (SSSR count). The predicted octanol–water partition coefficient (Wildman–Crippen LogP) is 2.25. The first-order valence-electron chi connectivity index (χ1n) is 8.41. The monoisotopic (exact) mass is 325 g/mol. The molecule has 126 valence electrons. The van der Waals surface area contributed by atoms with Crippen molar-refractivity contribution in [3.8, 4) is 0 Å². The van der Waals surface area contributed by atoms with E-state index in [2.05, 4.69) is 15.2 Å². The van der Waals surface area contributed by atoms with Gasteiger partial charge in [0.25, 0.3) is 11.5 Å². The minimum atomic E-state index is -0.347. The number of likely N-dealkylation sites (tertiary alicyclic amines) is 1. The molecule has 2 aromatic rings. The van der Waals surface area contributed by atoms with Crippen LogP contribution in [0, 0.1) is 6.92 Å². The first-order valence-corrected chi connectivity index (χ1v) is 8.41. The Labute approximate surface area is 141 Å². The molecule has 1 aliphatic heterocycles.